The summed E-state index contributed by atoms with van der Waals surface area (Å²) in [6.07, 6.45) is 1.54. The molecule has 1 amide bonds. The fraction of sp³-hybridized carbons (Fsp3) is 0.417. The number of hydrogen-bond acceptors (Lipinski definition) is 1. The van der Waals surface area contributed by atoms with Gasteiger partial charge in [0, 0.05) is 5.69 Å². The van der Waals surface area contributed by atoms with Crippen LogP contribution in [0.4, 0.5) is 5.69 Å². The van der Waals surface area contributed by atoms with Crippen LogP contribution in [0.15, 0.2) is 24.3 Å². The molecule has 1 aromatic carbocycles. The number of para-hydroxylation sites is 1. The van der Waals surface area contributed by atoms with E-state index in [-0.39, 0.29) is 5.91 Å². The largest absolute Gasteiger partial charge is 0.325 e. The molecule has 1 atom stereocenters. The van der Waals surface area contributed by atoms with Crippen molar-refractivity contribution >= 4 is 23.2 Å². The first-order valence-corrected chi connectivity index (χ1v) is 5.65. The molecule has 0 aliphatic rings. The van der Waals surface area contributed by atoms with Crippen molar-refractivity contribution in [3.63, 3.8) is 0 Å². The summed E-state index contributed by atoms with van der Waals surface area (Å²) in [7, 11) is 0. The maximum Gasteiger partial charge on any atom is 0.242 e. The quantitative estimate of drug-likeness (QED) is 0.784. The minimum Gasteiger partial charge on any atom is -0.325 e. The third-order valence-corrected chi connectivity index (χ3v) is 2.81. The van der Waals surface area contributed by atoms with Crippen LogP contribution in [0.2, 0.25) is 0 Å². The van der Waals surface area contributed by atoms with Crippen molar-refractivity contribution in [3.8, 4) is 0 Å². The van der Waals surface area contributed by atoms with Gasteiger partial charge in [0.1, 0.15) is 5.38 Å². The first-order chi connectivity index (χ1) is 7.19. The first kappa shape index (κ1) is 12.1. The minimum atomic E-state index is -0.449. The van der Waals surface area contributed by atoms with Gasteiger partial charge in [-0.25, -0.2) is 0 Å². The van der Waals surface area contributed by atoms with Crippen LogP contribution < -0.4 is 5.32 Å². The molecule has 0 aromatic heterocycles. The van der Waals surface area contributed by atoms with E-state index in [0.717, 1.165) is 17.7 Å². The second kappa shape index (κ2) is 5.76. The Hall–Kier alpha value is -1.02. The highest BCUT2D eigenvalue weighted by molar-refractivity contribution is 6.32. The van der Waals surface area contributed by atoms with Crippen LogP contribution in [-0.4, -0.2) is 11.3 Å². The van der Waals surface area contributed by atoms with Gasteiger partial charge in [-0.15, -0.1) is 11.6 Å². The number of rotatable bonds is 4. The molecule has 1 rings (SSSR count). The van der Waals surface area contributed by atoms with Crippen molar-refractivity contribution in [1.82, 2.24) is 0 Å². The summed E-state index contributed by atoms with van der Waals surface area (Å²) in [5.41, 5.74) is 2.00. The molecule has 3 heteroatoms. The van der Waals surface area contributed by atoms with E-state index in [1.54, 1.807) is 0 Å². The Bertz CT molecular complexity index is 338. The molecule has 0 aliphatic carbocycles. The summed E-state index contributed by atoms with van der Waals surface area (Å²) in [6, 6.07) is 7.78. The van der Waals surface area contributed by atoms with Gasteiger partial charge in [-0.1, -0.05) is 32.0 Å². The van der Waals surface area contributed by atoms with Crippen LogP contribution in [0, 0.1) is 0 Å². The zero-order valence-corrected chi connectivity index (χ0v) is 9.84. The number of nitrogens with one attached hydrogen (secondary N) is 1. The smallest absolute Gasteiger partial charge is 0.242 e. The van der Waals surface area contributed by atoms with E-state index in [1.807, 2.05) is 31.2 Å². The second-order valence-corrected chi connectivity index (χ2v) is 3.90. The third-order valence-electron chi connectivity index (χ3n) is 2.30. The summed E-state index contributed by atoms with van der Waals surface area (Å²) in [5.74, 6) is -0.125. The molecule has 0 spiro atoms. The SMILES string of the molecule is CCc1ccccc1NC(=O)C(Cl)CC. The Kier molecular flexibility index (Phi) is 4.63. The summed E-state index contributed by atoms with van der Waals surface area (Å²) in [6.45, 7) is 3.95. The Morgan fingerprint density at radius 3 is 2.67 bits per heavy atom. The highest BCUT2D eigenvalue weighted by Gasteiger charge is 2.13. The van der Waals surface area contributed by atoms with Crippen LogP contribution in [0.3, 0.4) is 0 Å². The Morgan fingerprint density at radius 2 is 2.07 bits per heavy atom. The van der Waals surface area contributed by atoms with Crippen LogP contribution in [0.1, 0.15) is 25.8 Å². The molecule has 2 nitrogen and oxygen atoms in total. The van der Waals surface area contributed by atoms with E-state index in [4.69, 9.17) is 11.6 Å². The summed E-state index contributed by atoms with van der Waals surface area (Å²) < 4.78 is 0. The molecule has 0 aliphatic heterocycles. The van der Waals surface area contributed by atoms with Crippen LogP contribution in [0.5, 0.6) is 0 Å². The number of carbonyl (C=O) groups is 1. The second-order valence-electron chi connectivity index (χ2n) is 3.38. The molecule has 1 N–H and O–H groups in total. The van der Waals surface area contributed by atoms with Crippen molar-refractivity contribution in [2.75, 3.05) is 5.32 Å². The van der Waals surface area contributed by atoms with E-state index in [9.17, 15) is 4.79 Å². The molecule has 1 unspecified atom stereocenters. The number of aryl methyl sites for hydroxylation is 1. The predicted octanol–water partition coefficient (Wildman–Crippen LogP) is 3.20. The average molecular weight is 226 g/mol. The van der Waals surface area contributed by atoms with Gasteiger partial charge in [0.2, 0.25) is 5.91 Å². The number of hydrogen-bond donors (Lipinski definition) is 1. The lowest BCUT2D eigenvalue weighted by Gasteiger charge is -2.11. The number of halogens is 1. The van der Waals surface area contributed by atoms with E-state index in [0.29, 0.717) is 6.42 Å². The molecular formula is C12H16ClNO. The minimum absolute atomic E-state index is 0.125. The van der Waals surface area contributed by atoms with E-state index < -0.39 is 5.38 Å². The first-order valence-electron chi connectivity index (χ1n) is 5.21. The number of alkyl halides is 1. The number of benzene rings is 1. The van der Waals surface area contributed by atoms with Gasteiger partial charge >= 0.3 is 0 Å². The molecule has 0 bridgehead atoms. The van der Waals surface area contributed by atoms with Crippen LogP contribution >= 0.6 is 11.6 Å². The van der Waals surface area contributed by atoms with Crippen molar-refractivity contribution in [2.24, 2.45) is 0 Å². The molecule has 82 valence electrons. The molecule has 0 fully saturated rings. The van der Waals surface area contributed by atoms with Crippen molar-refractivity contribution in [1.29, 1.82) is 0 Å². The number of amides is 1. The van der Waals surface area contributed by atoms with Crippen molar-refractivity contribution < 1.29 is 4.79 Å². The molecule has 1 aromatic rings. The van der Waals surface area contributed by atoms with Crippen molar-refractivity contribution in [2.45, 2.75) is 32.1 Å². The lowest BCUT2D eigenvalue weighted by atomic mass is 10.1. The fourth-order valence-corrected chi connectivity index (χ4v) is 1.40. The van der Waals surface area contributed by atoms with Gasteiger partial charge in [0.15, 0.2) is 0 Å². The third kappa shape index (κ3) is 3.24. The van der Waals surface area contributed by atoms with Gasteiger partial charge in [-0.2, -0.15) is 0 Å². The summed E-state index contributed by atoms with van der Waals surface area (Å²) >= 11 is 5.85. The summed E-state index contributed by atoms with van der Waals surface area (Å²) in [5, 5.41) is 2.39. The highest BCUT2D eigenvalue weighted by atomic mass is 35.5. The zero-order chi connectivity index (χ0) is 11.3. The van der Waals surface area contributed by atoms with Crippen molar-refractivity contribution in [3.05, 3.63) is 29.8 Å². The number of anilines is 1. The summed E-state index contributed by atoms with van der Waals surface area (Å²) in [4.78, 5) is 11.6. The maximum atomic E-state index is 11.6. The van der Waals surface area contributed by atoms with Gasteiger partial charge in [-0.3, -0.25) is 4.79 Å². The zero-order valence-electron chi connectivity index (χ0n) is 9.09. The maximum absolute atomic E-state index is 11.6. The van der Waals surface area contributed by atoms with Gasteiger partial charge in [-0.05, 0) is 24.5 Å². The fourth-order valence-electron chi connectivity index (χ4n) is 1.35. The lowest BCUT2D eigenvalue weighted by molar-refractivity contribution is -0.115. The molecule has 15 heavy (non-hydrogen) atoms. The predicted molar refractivity (Wildman–Crippen MR) is 64.4 cm³/mol. The normalized spacial score (nSPS) is 12.2. The number of carbonyl (C=O) groups excluding carboxylic acids is 1. The molecule has 0 radical (unpaired) electrons. The molecule has 0 saturated heterocycles. The van der Waals surface area contributed by atoms with Crippen LogP contribution in [-0.2, 0) is 11.2 Å². The van der Waals surface area contributed by atoms with Gasteiger partial charge < -0.3 is 5.32 Å². The highest BCUT2D eigenvalue weighted by Crippen LogP contribution is 2.16. The Balaban J connectivity index is 2.76. The van der Waals surface area contributed by atoms with Crippen LogP contribution in [0.25, 0.3) is 0 Å². The van der Waals surface area contributed by atoms with E-state index in [1.165, 1.54) is 0 Å². The van der Waals surface area contributed by atoms with Gasteiger partial charge in [0.25, 0.3) is 0 Å². The van der Waals surface area contributed by atoms with E-state index in [2.05, 4.69) is 12.2 Å². The molecular weight excluding hydrogens is 210 g/mol. The topological polar surface area (TPSA) is 29.1 Å². The standard InChI is InChI=1S/C12H16ClNO/c1-3-9-7-5-6-8-11(9)14-12(15)10(13)4-2/h5-8,10H,3-4H2,1-2H3,(H,14,15). The lowest BCUT2D eigenvalue weighted by Crippen LogP contribution is -2.23. The Labute approximate surface area is 95.6 Å². The molecule has 0 saturated carbocycles. The molecule has 0 heterocycles. The average Bonchev–Trinajstić information content (AvgIpc) is 2.28. The Morgan fingerprint density at radius 1 is 1.40 bits per heavy atom. The van der Waals surface area contributed by atoms with E-state index >= 15 is 0 Å². The van der Waals surface area contributed by atoms with Gasteiger partial charge in [0.05, 0.1) is 0 Å². The monoisotopic (exact) mass is 225 g/mol.